The number of rotatable bonds is 5. The van der Waals surface area contributed by atoms with Crippen LogP contribution in [-0.4, -0.2) is 0 Å². The highest BCUT2D eigenvalue weighted by molar-refractivity contribution is 5.68. The lowest BCUT2D eigenvalue weighted by Gasteiger charge is -2.28. The molecule has 0 atom stereocenters. The Balaban J connectivity index is 1.73. The van der Waals surface area contributed by atoms with Gasteiger partial charge in [-0.05, 0) is 66.3 Å². The van der Waals surface area contributed by atoms with E-state index in [-0.39, 0.29) is 0 Å². The second kappa shape index (κ2) is 8.73. The number of benzene rings is 2. The number of hydrogen-bond acceptors (Lipinski definition) is 0. The molecule has 1 aliphatic carbocycles. The number of hydrogen-bond donors (Lipinski definition) is 0. The highest BCUT2D eigenvalue weighted by Gasteiger charge is 2.22. The van der Waals surface area contributed by atoms with Crippen LogP contribution < -0.4 is 0 Å². The molecule has 0 amide bonds. The van der Waals surface area contributed by atoms with Gasteiger partial charge in [-0.3, -0.25) is 0 Å². The second-order valence-corrected chi connectivity index (χ2v) is 7.40. The van der Waals surface area contributed by atoms with Crippen molar-refractivity contribution in [1.29, 1.82) is 0 Å². The van der Waals surface area contributed by atoms with E-state index in [2.05, 4.69) is 19.1 Å². The maximum absolute atomic E-state index is 14.0. The Bertz CT molecular complexity index is 796. The van der Waals surface area contributed by atoms with E-state index in [1.807, 2.05) is 12.1 Å². The van der Waals surface area contributed by atoms with E-state index >= 15 is 0 Å². The van der Waals surface area contributed by atoms with Crippen LogP contribution in [-0.2, 0) is 0 Å². The zero-order valence-corrected chi connectivity index (χ0v) is 15.5. The Hall–Kier alpha value is -2.10. The van der Waals surface area contributed by atoms with Gasteiger partial charge in [0.2, 0.25) is 0 Å². The zero-order chi connectivity index (χ0) is 19.4. The topological polar surface area (TPSA) is 0 Å². The largest absolute Gasteiger partial charge is 0.306 e. The second-order valence-electron chi connectivity index (χ2n) is 7.40. The summed E-state index contributed by atoms with van der Waals surface area (Å²) in [5, 5.41) is 0. The molecule has 27 heavy (non-hydrogen) atoms. The SMILES string of the molecule is CCCC1CCC(c2ccc(-c3ccc(C(F)=C(F)F)c(F)c3)cc2)CC1. The first-order valence-electron chi connectivity index (χ1n) is 9.60. The molecule has 0 unspecified atom stereocenters. The van der Waals surface area contributed by atoms with E-state index in [1.165, 1.54) is 50.2 Å². The Morgan fingerprint density at radius 2 is 1.52 bits per heavy atom. The van der Waals surface area contributed by atoms with Crippen LogP contribution in [0.15, 0.2) is 48.5 Å². The molecular weight excluding hydrogens is 352 g/mol. The number of halogens is 4. The average molecular weight is 376 g/mol. The Labute approximate surface area is 157 Å². The molecule has 2 aromatic carbocycles. The van der Waals surface area contributed by atoms with Gasteiger partial charge in [-0.25, -0.2) is 8.78 Å². The molecule has 0 aliphatic heterocycles. The van der Waals surface area contributed by atoms with Gasteiger partial charge in [-0.2, -0.15) is 8.78 Å². The van der Waals surface area contributed by atoms with Crippen LogP contribution in [0.1, 0.15) is 62.5 Å². The Kier molecular flexibility index (Phi) is 6.35. The third-order valence-electron chi connectivity index (χ3n) is 5.63. The van der Waals surface area contributed by atoms with Gasteiger partial charge < -0.3 is 0 Å². The molecule has 0 N–H and O–H groups in total. The minimum Gasteiger partial charge on any atom is -0.206 e. The van der Waals surface area contributed by atoms with Crippen LogP contribution >= 0.6 is 0 Å². The standard InChI is InChI=1S/C23H24F4/c1-2-3-15-4-6-16(7-5-15)17-8-10-18(11-9-17)19-12-13-20(21(24)14-19)22(25)23(26)27/h8-16H,2-7H2,1H3. The first-order chi connectivity index (χ1) is 13.0. The van der Waals surface area contributed by atoms with E-state index < -0.39 is 23.3 Å². The molecule has 0 nitrogen and oxygen atoms in total. The van der Waals surface area contributed by atoms with Crippen molar-refractivity contribution in [2.75, 3.05) is 0 Å². The van der Waals surface area contributed by atoms with Crippen LogP contribution in [0, 0.1) is 11.7 Å². The van der Waals surface area contributed by atoms with Crippen molar-refractivity contribution in [3.63, 3.8) is 0 Å². The summed E-state index contributed by atoms with van der Waals surface area (Å²) in [6, 6.07) is 11.6. The molecule has 0 saturated heterocycles. The highest BCUT2D eigenvalue weighted by atomic mass is 19.3. The summed E-state index contributed by atoms with van der Waals surface area (Å²) in [7, 11) is 0. The normalized spacial score (nSPS) is 19.7. The highest BCUT2D eigenvalue weighted by Crippen LogP contribution is 2.38. The molecule has 1 fully saturated rings. The van der Waals surface area contributed by atoms with E-state index in [0.717, 1.165) is 23.6 Å². The third kappa shape index (κ3) is 4.60. The van der Waals surface area contributed by atoms with Crippen molar-refractivity contribution in [3.05, 3.63) is 65.5 Å². The Morgan fingerprint density at radius 3 is 2.07 bits per heavy atom. The monoisotopic (exact) mass is 376 g/mol. The lowest BCUT2D eigenvalue weighted by atomic mass is 9.77. The quantitative estimate of drug-likeness (QED) is 0.462. The van der Waals surface area contributed by atoms with Crippen LogP contribution in [0.25, 0.3) is 17.0 Å². The van der Waals surface area contributed by atoms with Gasteiger partial charge in [0.25, 0.3) is 0 Å². The smallest absolute Gasteiger partial charge is 0.206 e. The molecule has 0 radical (unpaired) electrons. The predicted octanol–water partition coefficient (Wildman–Crippen LogP) is 8.10. The van der Waals surface area contributed by atoms with Crippen molar-refractivity contribution in [2.45, 2.75) is 51.4 Å². The zero-order valence-electron chi connectivity index (χ0n) is 15.5. The molecule has 1 aliphatic rings. The molecular formula is C23H24F4. The van der Waals surface area contributed by atoms with Crippen molar-refractivity contribution in [1.82, 2.24) is 0 Å². The molecule has 4 heteroatoms. The molecule has 3 rings (SSSR count). The fourth-order valence-corrected chi connectivity index (χ4v) is 4.11. The average Bonchev–Trinajstić information content (AvgIpc) is 2.68. The first kappa shape index (κ1) is 19.7. The molecule has 144 valence electrons. The van der Waals surface area contributed by atoms with Crippen molar-refractivity contribution in [2.24, 2.45) is 5.92 Å². The van der Waals surface area contributed by atoms with Crippen LogP contribution in [0.4, 0.5) is 17.6 Å². The van der Waals surface area contributed by atoms with Crippen LogP contribution in [0.3, 0.4) is 0 Å². The van der Waals surface area contributed by atoms with Crippen molar-refractivity contribution >= 4 is 5.83 Å². The molecule has 0 spiro atoms. The Morgan fingerprint density at radius 1 is 0.889 bits per heavy atom. The van der Waals surface area contributed by atoms with Gasteiger partial charge in [-0.15, -0.1) is 0 Å². The minimum absolute atomic E-state index is 0.543. The molecule has 0 bridgehead atoms. The van der Waals surface area contributed by atoms with Gasteiger partial charge in [0, 0.05) is 0 Å². The van der Waals surface area contributed by atoms with Gasteiger partial charge in [0.1, 0.15) is 5.82 Å². The lowest BCUT2D eigenvalue weighted by molar-refractivity contribution is 0.308. The van der Waals surface area contributed by atoms with Gasteiger partial charge in [0.15, 0.2) is 5.83 Å². The van der Waals surface area contributed by atoms with Gasteiger partial charge in [0.05, 0.1) is 5.56 Å². The molecule has 0 heterocycles. The van der Waals surface area contributed by atoms with E-state index in [0.29, 0.717) is 11.5 Å². The van der Waals surface area contributed by atoms with E-state index in [9.17, 15) is 17.6 Å². The molecule has 0 aromatic heterocycles. The molecule has 2 aromatic rings. The molecule has 1 saturated carbocycles. The summed E-state index contributed by atoms with van der Waals surface area (Å²) < 4.78 is 52.0. The van der Waals surface area contributed by atoms with Crippen LogP contribution in [0.5, 0.6) is 0 Å². The van der Waals surface area contributed by atoms with Crippen molar-refractivity contribution < 1.29 is 17.6 Å². The summed E-state index contributed by atoms with van der Waals surface area (Å²) in [5.74, 6) is -1.38. The maximum Gasteiger partial charge on any atom is 0.306 e. The lowest BCUT2D eigenvalue weighted by Crippen LogP contribution is -2.13. The minimum atomic E-state index is -2.51. The van der Waals surface area contributed by atoms with E-state index in [4.69, 9.17) is 0 Å². The van der Waals surface area contributed by atoms with Crippen LogP contribution in [0.2, 0.25) is 0 Å². The summed E-state index contributed by atoms with van der Waals surface area (Å²) in [6.45, 7) is 2.24. The fraction of sp³-hybridized carbons (Fsp3) is 0.391. The maximum atomic E-state index is 14.0. The van der Waals surface area contributed by atoms with Crippen molar-refractivity contribution in [3.8, 4) is 11.1 Å². The van der Waals surface area contributed by atoms with Gasteiger partial charge in [-0.1, -0.05) is 50.1 Å². The third-order valence-corrected chi connectivity index (χ3v) is 5.63. The summed E-state index contributed by atoms with van der Waals surface area (Å²) in [4.78, 5) is 0. The summed E-state index contributed by atoms with van der Waals surface area (Å²) in [6.07, 6.45) is 5.00. The van der Waals surface area contributed by atoms with Gasteiger partial charge >= 0.3 is 6.08 Å². The first-order valence-corrected chi connectivity index (χ1v) is 9.60. The fourth-order valence-electron chi connectivity index (χ4n) is 4.11. The summed E-state index contributed by atoms with van der Waals surface area (Å²) >= 11 is 0. The predicted molar refractivity (Wildman–Crippen MR) is 102 cm³/mol. The van der Waals surface area contributed by atoms with E-state index in [1.54, 1.807) is 0 Å². The summed E-state index contributed by atoms with van der Waals surface area (Å²) in [5.41, 5.74) is 1.91.